The average Bonchev–Trinajstić information content (AvgIpc) is 2.62. The molecule has 0 N–H and O–H groups in total. The number of hydrazone groups is 1. The fraction of sp³-hybridized carbons (Fsp3) is 0.273. The van der Waals surface area contributed by atoms with Crippen LogP contribution in [0.2, 0.25) is 0 Å². The predicted molar refractivity (Wildman–Crippen MR) is 56.5 cm³/mol. The van der Waals surface area contributed by atoms with E-state index in [9.17, 15) is 31.1 Å². The van der Waals surface area contributed by atoms with Gasteiger partial charge in [-0.15, -0.1) is 0 Å². The van der Waals surface area contributed by atoms with Crippen LogP contribution in [-0.4, -0.2) is 17.8 Å². The molecule has 9 heteroatoms. The molecule has 20 heavy (non-hydrogen) atoms. The summed E-state index contributed by atoms with van der Waals surface area (Å²) in [5.74, 6) is -7.75. The Labute approximate surface area is 108 Å². The van der Waals surface area contributed by atoms with E-state index in [-0.39, 0.29) is 5.01 Å². The maximum absolute atomic E-state index is 13.0. The summed E-state index contributed by atoms with van der Waals surface area (Å²) in [6, 6.07) is 0.789. The van der Waals surface area contributed by atoms with Gasteiger partial charge in [-0.05, 0) is 6.92 Å². The molecule has 0 spiro atoms. The van der Waals surface area contributed by atoms with E-state index in [2.05, 4.69) is 5.10 Å². The summed E-state index contributed by atoms with van der Waals surface area (Å²) >= 11 is 0. The Morgan fingerprint density at radius 3 is 2.05 bits per heavy atom. The van der Waals surface area contributed by atoms with Gasteiger partial charge in [-0.3, -0.25) is 4.79 Å². The van der Waals surface area contributed by atoms with Crippen LogP contribution in [-0.2, 0) is 4.79 Å². The van der Waals surface area contributed by atoms with E-state index >= 15 is 0 Å². The minimum absolute atomic E-state index is 0.207. The molecule has 0 saturated heterocycles. The highest BCUT2D eigenvalue weighted by Gasteiger charge is 2.48. The molecule has 1 atom stereocenters. The molecule has 1 amide bonds. The maximum atomic E-state index is 13.0. The highest BCUT2D eigenvalue weighted by Crippen LogP contribution is 2.32. The first kappa shape index (κ1) is 14.4. The standard InChI is InChI=1S/C11H6F6N2O/c1-4-9(11(15,16)17)18-19(10(4)20)5-2-6(12)8(14)7(13)3-5/h2-4H,1H3. The van der Waals surface area contributed by atoms with Gasteiger partial charge in [0, 0.05) is 12.1 Å². The number of hydrogen-bond donors (Lipinski definition) is 0. The smallest absolute Gasteiger partial charge is 0.272 e. The van der Waals surface area contributed by atoms with Crippen molar-refractivity contribution in [1.82, 2.24) is 0 Å². The van der Waals surface area contributed by atoms with E-state index in [1.54, 1.807) is 0 Å². The Hall–Kier alpha value is -2.06. The van der Waals surface area contributed by atoms with Crippen molar-refractivity contribution in [3.05, 3.63) is 29.6 Å². The molecular weight excluding hydrogens is 290 g/mol. The van der Waals surface area contributed by atoms with E-state index in [1.807, 2.05) is 0 Å². The number of carbonyl (C=O) groups is 1. The molecular formula is C11H6F6N2O. The lowest BCUT2D eigenvalue weighted by Crippen LogP contribution is -2.31. The summed E-state index contributed by atoms with van der Waals surface area (Å²) in [4.78, 5) is 11.6. The second-order valence-corrected chi connectivity index (χ2v) is 4.08. The van der Waals surface area contributed by atoms with Gasteiger partial charge in [0.05, 0.1) is 11.6 Å². The number of carbonyl (C=O) groups excluding carboxylic acids is 1. The average molecular weight is 296 g/mol. The number of anilines is 1. The quantitative estimate of drug-likeness (QED) is 0.579. The molecule has 108 valence electrons. The summed E-state index contributed by atoms with van der Waals surface area (Å²) in [5, 5.41) is 3.23. The molecule has 2 rings (SSSR count). The van der Waals surface area contributed by atoms with Crippen molar-refractivity contribution in [1.29, 1.82) is 0 Å². The number of nitrogens with zero attached hydrogens (tertiary/aromatic N) is 2. The molecule has 1 aromatic rings. The van der Waals surface area contributed by atoms with Gasteiger partial charge in [0.1, 0.15) is 0 Å². The number of hydrogen-bond acceptors (Lipinski definition) is 2. The van der Waals surface area contributed by atoms with E-state index in [4.69, 9.17) is 0 Å². The van der Waals surface area contributed by atoms with Gasteiger partial charge < -0.3 is 0 Å². The monoisotopic (exact) mass is 296 g/mol. The van der Waals surface area contributed by atoms with Crippen LogP contribution in [0.15, 0.2) is 17.2 Å². The molecule has 0 aromatic heterocycles. The third-order valence-electron chi connectivity index (χ3n) is 2.70. The van der Waals surface area contributed by atoms with Crippen LogP contribution in [0.1, 0.15) is 6.92 Å². The van der Waals surface area contributed by atoms with Crippen LogP contribution in [0.4, 0.5) is 32.0 Å². The number of alkyl halides is 3. The van der Waals surface area contributed by atoms with Gasteiger partial charge in [-0.25, -0.2) is 13.2 Å². The Balaban J connectivity index is 2.49. The Morgan fingerprint density at radius 2 is 1.65 bits per heavy atom. The zero-order valence-electron chi connectivity index (χ0n) is 9.80. The number of amides is 1. The fourth-order valence-electron chi connectivity index (χ4n) is 1.70. The predicted octanol–water partition coefficient (Wildman–Crippen LogP) is 3.00. The largest absolute Gasteiger partial charge is 0.432 e. The van der Waals surface area contributed by atoms with Gasteiger partial charge in [0.25, 0.3) is 5.91 Å². The summed E-state index contributed by atoms with van der Waals surface area (Å²) < 4.78 is 76.6. The number of halogens is 6. The summed E-state index contributed by atoms with van der Waals surface area (Å²) in [6.07, 6.45) is -4.85. The van der Waals surface area contributed by atoms with Crippen molar-refractivity contribution >= 4 is 17.3 Å². The third kappa shape index (κ3) is 2.23. The zero-order chi connectivity index (χ0) is 15.2. The van der Waals surface area contributed by atoms with E-state index < -0.39 is 46.9 Å². The van der Waals surface area contributed by atoms with Gasteiger partial charge >= 0.3 is 6.18 Å². The fourth-order valence-corrected chi connectivity index (χ4v) is 1.70. The molecule has 0 bridgehead atoms. The van der Waals surface area contributed by atoms with Gasteiger partial charge in [-0.2, -0.15) is 23.3 Å². The second-order valence-electron chi connectivity index (χ2n) is 4.08. The second kappa shape index (κ2) is 4.50. The van der Waals surface area contributed by atoms with Crippen molar-refractivity contribution in [2.75, 3.05) is 5.01 Å². The topological polar surface area (TPSA) is 32.7 Å². The number of rotatable bonds is 1. The first-order valence-electron chi connectivity index (χ1n) is 5.27. The molecule has 1 aromatic carbocycles. The molecule has 0 fully saturated rings. The Bertz CT molecular complexity index is 586. The summed E-state index contributed by atoms with van der Waals surface area (Å²) in [7, 11) is 0. The SMILES string of the molecule is CC1C(=O)N(c2cc(F)c(F)c(F)c2)N=C1C(F)(F)F. The first-order chi connectivity index (χ1) is 9.12. The van der Waals surface area contributed by atoms with Crippen LogP contribution in [0.25, 0.3) is 0 Å². The lowest BCUT2D eigenvalue weighted by Gasteiger charge is -2.13. The minimum atomic E-state index is -4.85. The Kier molecular flexibility index (Phi) is 3.23. The van der Waals surface area contributed by atoms with Gasteiger partial charge in [-0.1, -0.05) is 0 Å². The minimum Gasteiger partial charge on any atom is -0.272 e. The lowest BCUT2D eigenvalue weighted by molar-refractivity contribution is -0.120. The first-order valence-corrected chi connectivity index (χ1v) is 5.27. The van der Waals surface area contributed by atoms with Gasteiger partial charge in [0.2, 0.25) is 0 Å². The summed E-state index contributed by atoms with van der Waals surface area (Å²) in [5.41, 5.74) is -2.00. The van der Waals surface area contributed by atoms with Crippen molar-refractivity contribution in [3.63, 3.8) is 0 Å². The molecule has 3 nitrogen and oxygen atoms in total. The molecule has 1 unspecified atom stereocenters. The molecule has 0 aliphatic carbocycles. The van der Waals surface area contributed by atoms with Crippen molar-refractivity contribution in [2.24, 2.45) is 11.0 Å². The van der Waals surface area contributed by atoms with E-state index in [0.717, 1.165) is 6.92 Å². The lowest BCUT2D eigenvalue weighted by atomic mass is 10.1. The van der Waals surface area contributed by atoms with Crippen LogP contribution in [0.5, 0.6) is 0 Å². The van der Waals surface area contributed by atoms with E-state index in [0.29, 0.717) is 12.1 Å². The van der Waals surface area contributed by atoms with Crippen LogP contribution in [0, 0.1) is 23.4 Å². The third-order valence-corrected chi connectivity index (χ3v) is 2.70. The Morgan fingerprint density at radius 1 is 1.15 bits per heavy atom. The van der Waals surface area contributed by atoms with Crippen LogP contribution in [0.3, 0.4) is 0 Å². The van der Waals surface area contributed by atoms with Crippen LogP contribution < -0.4 is 5.01 Å². The highest BCUT2D eigenvalue weighted by atomic mass is 19.4. The molecule has 0 saturated carbocycles. The normalized spacial score (nSPS) is 19.6. The van der Waals surface area contributed by atoms with Crippen molar-refractivity contribution in [3.8, 4) is 0 Å². The van der Waals surface area contributed by atoms with Crippen molar-refractivity contribution in [2.45, 2.75) is 13.1 Å². The number of benzene rings is 1. The molecule has 1 aliphatic rings. The zero-order valence-corrected chi connectivity index (χ0v) is 9.80. The molecule has 0 radical (unpaired) electrons. The molecule has 1 heterocycles. The van der Waals surface area contributed by atoms with E-state index in [1.165, 1.54) is 0 Å². The summed E-state index contributed by atoms with van der Waals surface area (Å²) in [6.45, 7) is 0.963. The van der Waals surface area contributed by atoms with Crippen molar-refractivity contribution < 1.29 is 31.1 Å². The maximum Gasteiger partial charge on any atom is 0.432 e. The van der Waals surface area contributed by atoms with Crippen LogP contribution >= 0.6 is 0 Å². The molecule has 1 aliphatic heterocycles. The highest BCUT2D eigenvalue weighted by molar-refractivity contribution is 6.17. The van der Waals surface area contributed by atoms with Gasteiger partial charge in [0.15, 0.2) is 23.2 Å².